The zero-order chi connectivity index (χ0) is 32.0. The molecule has 1 amide bonds. The molecule has 7 N–H and O–H groups in total. The van der Waals surface area contributed by atoms with Crippen molar-refractivity contribution in [1.29, 1.82) is 0 Å². The number of hydrogen-bond donors (Lipinski definition) is 5. The van der Waals surface area contributed by atoms with Gasteiger partial charge in [-0.05, 0) is 29.8 Å². The number of nitrogens with zero attached hydrogens (tertiary/aromatic N) is 4. The van der Waals surface area contributed by atoms with E-state index in [9.17, 15) is 46.1 Å². The predicted molar refractivity (Wildman–Crippen MR) is 137 cm³/mol. The number of amides is 1. The Hall–Kier alpha value is -4.58. The second-order valence-electron chi connectivity index (χ2n) is 10.7. The van der Waals surface area contributed by atoms with Crippen molar-refractivity contribution in [2.24, 2.45) is 21.5 Å². The van der Waals surface area contributed by atoms with Crippen molar-refractivity contribution < 1.29 is 50.9 Å². The number of nitrogens with one attached hydrogen (secondary N) is 1. The number of esters is 1. The average molecular weight is 628 g/mol. The third-order valence-corrected chi connectivity index (χ3v) is 8.17. The Kier molecular flexibility index (Phi) is 6.34. The molecule has 0 radical (unpaired) electrons. The van der Waals surface area contributed by atoms with Crippen molar-refractivity contribution in [3.05, 3.63) is 70.3 Å². The highest BCUT2D eigenvalue weighted by atomic mass is 19.4. The molecule has 0 bridgehead atoms. The van der Waals surface area contributed by atoms with Gasteiger partial charge in [-0.25, -0.2) is 14.8 Å². The molecule has 1 saturated heterocycles. The third-order valence-electron chi connectivity index (χ3n) is 8.17. The highest BCUT2D eigenvalue weighted by molar-refractivity contribution is 5.98. The van der Waals surface area contributed by atoms with Crippen LogP contribution >= 0.6 is 0 Å². The summed E-state index contributed by atoms with van der Waals surface area (Å²) in [7, 11) is 0. The number of rotatable bonds is 4. The summed E-state index contributed by atoms with van der Waals surface area (Å²) in [6.45, 7) is -0.590. The second-order valence-corrected chi connectivity index (χ2v) is 10.7. The molecule has 12 nitrogen and oxygen atoms in total. The van der Waals surface area contributed by atoms with Crippen LogP contribution in [0.25, 0.3) is 0 Å². The van der Waals surface area contributed by atoms with Crippen LogP contribution < -0.4 is 16.8 Å². The van der Waals surface area contributed by atoms with Gasteiger partial charge in [-0.15, -0.1) is 0 Å². The maximum atomic E-state index is 13.6. The van der Waals surface area contributed by atoms with E-state index in [2.05, 4.69) is 15.3 Å². The van der Waals surface area contributed by atoms with Crippen molar-refractivity contribution in [3.63, 3.8) is 0 Å². The second kappa shape index (κ2) is 9.46. The first-order valence-corrected chi connectivity index (χ1v) is 13.0. The lowest BCUT2D eigenvalue weighted by atomic mass is 9.85. The van der Waals surface area contributed by atoms with E-state index in [0.717, 1.165) is 10.5 Å². The Morgan fingerprint density at radius 3 is 2.43 bits per heavy atom. The lowest BCUT2D eigenvalue weighted by Crippen LogP contribution is -2.77. The molecule has 4 heterocycles. The summed E-state index contributed by atoms with van der Waals surface area (Å²) in [4.78, 5) is 37.1. The van der Waals surface area contributed by atoms with Gasteiger partial charge in [-0.1, -0.05) is 18.2 Å². The minimum absolute atomic E-state index is 0.0309. The maximum absolute atomic E-state index is 13.6. The van der Waals surface area contributed by atoms with Crippen LogP contribution in [0.3, 0.4) is 0 Å². The van der Waals surface area contributed by atoms with Gasteiger partial charge in [0.25, 0.3) is 5.91 Å². The lowest BCUT2D eigenvalue weighted by molar-refractivity contribution is -0.256. The number of aliphatic hydroxyl groups is 2. The summed E-state index contributed by atoms with van der Waals surface area (Å²) >= 11 is 0. The Morgan fingerprint density at radius 1 is 1.07 bits per heavy atom. The van der Waals surface area contributed by atoms with Crippen LogP contribution in [-0.2, 0) is 23.6 Å². The van der Waals surface area contributed by atoms with Crippen molar-refractivity contribution >= 4 is 23.8 Å². The van der Waals surface area contributed by atoms with Crippen molar-refractivity contribution in [2.45, 2.75) is 48.5 Å². The fraction of sp³-hybridized carbons (Fsp3) is 0.385. The molecule has 2 aromatic carbocycles. The molecule has 6 rings (SSSR count). The van der Waals surface area contributed by atoms with Crippen LogP contribution in [0, 0.1) is 0 Å². The minimum Gasteiger partial charge on any atom is -0.451 e. The highest BCUT2D eigenvalue weighted by Crippen LogP contribution is 2.46. The van der Waals surface area contributed by atoms with E-state index in [1.54, 1.807) is 24.3 Å². The van der Waals surface area contributed by atoms with E-state index in [0.29, 0.717) is 5.56 Å². The first kappa shape index (κ1) is 29.5. The van der Waals surface area contributed by atoms with Gasteiger partial charge < -0.3 is 41.5 Å². The van der Waals surface area contributed by atoms with E-state index >= 15 is 0 Å². The van der Waals surface area contributed by atoms with Gasteiger partial charge in [0.15, 0.2) is 23.7 Å². The van der Waals surface area contributed by atoms with Crippen molar-refractivity contribution in [3.8, 4) is 0 Å². The summed E-state index contributed by atoms with van der Waals surface area (Å²) in [6, 6.07) is 4.74. The smallest absolute Gasteiger partial charge is 0.417 e. The number of aliphatic imine (C=N–C) groups is 2. The normalized spacial score (nSPS) is 27.3. The zero-order valence-electron chi connectivity index (χ0n) is 22.2. The monoisotopic (exact) mass is 627 g/mol. The molecular formula is C26H23F6N7O5. The molecule has 0 aliphatic carbocycles. The molecule has 2 aromatic rings. The fourth-order valence-corrected chi connectivity index (χ4v) is 6.19. The molecule has 1 spiro atoms. The topological polar surface area (TPSA) is 179 Å². The van der Waals surface area contributed by atoms with Gasteiger partial charge in [-0.3, -0.25) is 4.79 Å². The van der Waals surface area contributed by atoms with E-state index in [-0.39, 0.29) is 49.1 Å². The average Bonchev–Trinajstić information content (AvgIpc) is 3.53. The van der Waals surface area contributed by atoms with Gasteiger partial charge in [0.05, 0.1) is 29.3 Å². The van der Waals surface area contributed by atoms with Gasteiger partial charge in [0.1, 0.15) is 6.04 Å². The van der Waals surface area contributed by atoms with Crippen LogP contribution in [0.5, 0.6) is 0 Å². The quantitative estimate of drug-likeness (QED) is 0.184. The molecule has 1 fully saturated rings. The van der Waals surface area contributed by atoms with Crippen molar-refractivity contribution in [1.82, 2.24) is 15.1 Å². The minimum atomic E-state index is -5.25. The number of ether oxygens (including phenoxy) is 1. The van der Waals surface area contributed by atoms with Gasteiger partial charge >= 0.3 is 18.3 Å². The lowest BCUT2D eigenvalue weighted by Gasteiger charge is -2.49. The number of halogens is 6. The molecule has 44 heavy (non-hydrogen) atoms. The number of fused-ring (bicyclic) bond motifs is 1. The Labute approximate surface area is 243 Å². The third kappa shape index (κ3) is 4.30. The van der Waals surface area contributed by atoms with Crippen LogP contribution in [0.4, 0.5) is 26.3 Å². The Bertz CT molecular complexity index is 1630. The van der Waals surface area contributed by atoms with E-state index in [1.165, 1.54) is 4.90 Å². The standard InChI is InChI=1S/C26H23F6N7O5/c27-25(28,29)12-5-6-15(26(30,31)32)14(7-12)20(41)44-17-10-39-22(34)35-16(18-23(39,24(17,42)43)37-21(33)36-18)9-38-8-11-3-1-2-4-13(11)19(38)40/h1-7,16-18,42-43H,8-10H2,(H2,34,35)(H3,33,36,37)/t16-,17-,18-,23-/m0/s1. The number of carbonyl (C=O) groups excluding carboxylic acids is 2. The number of guanidine groups is 2. The number of benzene rings is 2. The molecule has 0 unspecified atom stereocenters. The van der Waals surface area contributed by atoms with E-state index in [1.807, 2.05) is 0 Å². The van der Waals surface area contributed by atoms with Crippen LogP contribution in [0.2, 0.25) is 0 Å². The molecule has 234 valence electrons. The summed E-state index contributed by atoms with van der Waals surface area (Å²) in [5, 5.41) is 25.6. The summed E-state index contributed by atoms with van der Waals surface area (Å²) in [5.74, 6) is -6.09. The number of nitrogens with two attached hydrogens (primary N) is 2. The Balaban J connectivity index is 1.32. The molecule has 4 aliphatic heterocycles. The van der Waals surface area contributed by atoms with Crippen LogP contribution in [-0.4, -0.2) is 86.5 Å². The van der Waals surface area contributed by atoms with Crippen molar-refractivity contribution in [2.75, 3.05) is 13.1 Å². The molecule has 4 atom stereocenters. The molecule has 0 saturated carbocycles. The number of carbonyl (C=O) groups is 2. The van der Waals surface area contributed by atoms with E-state index < -0.39 is 71.2 Å². The molecule has 18 heteroatoms. The van der Waals surface area contributed by atoms with Gasteiger partial charge in [-0.2, -0.15) is 26.3 Å². The largest absolute Gasteiger partial charge is 0.451 e. The Morgan fingerprint density at radius 2 is 1.77 bits per heavy atom. The number of alkyl halides is 6. The van der Waals surface area contributed by atoms with Crippen LogP contribution in [0.1, 0.15) is 37.4 Å². The maximum Gasteiger partial charge on any atom is 0.417 e. The van der Waals surface area contributed by atoms with E-state index in [4.69, 9.17) is 16.2 Å². The summed E-state index contributed by atoms with van der Waals surface area (Å²) < 4.78 is 85.9. The predicted octanol–water partition coefficient (Wildman–Crippen LogP) is 0.582. The highest BCUT2D eigenvalue weighted by Gasteiger charge is 2.74. The molecule has 0 aromatic heterocycles. The van der Waals surface area contributed by atoms with Crippen LogP contribution in [0.15, 0.2) is 52.4 Å². The fourth-order valence-electron chi connectivity index (χ4n) is 6.19. The SMILES string of the molecule is NC1=N[C@H]2[C@H](CN3Cc4ccccc4C3=O)N=C(N)N3C[C@H](OC(=O)c4cc(C(F)(F)F)ccc4C(F)(F)F)C(O)(O)[C@]23N1. The zero-order valence-corrected chi connectivity index (χ0v) is 22.2. The molecular weight excluding hydrogens is 604 g/mol. The number of hydrogen-bond acceptors (Lipinski definition) is 11. The first-order valence-electron chi connectivity index (χ1n) is 13.0. The summed E-state index contributed by atoms with van der Waals surface area (Å²) in [6.07, 6.45) is -12.4. The summed E-state index contributed by atoms with van der Waals surface area (Å²) in [5.41, 5.74) is 6.33. The van der Waals surface area contributed by atoms with Gasteiger partial charge in [0, 0.05) is 18.7 Å². The van der Waals surface area contributed by atoms with Gasteiger partial charge in [0.2, 0.25) is 5.79 Å². The first-order chi connectivity index (χ1) is 20.4. The molecule has 4 aliphatic rings.